The van der Waals surface area contributed by atoms with E-state index in [-0.39, 0.29) is 28.4 Å². The van der Waals surface area contributed by atoms with Gasteiger partial charge >= 0.3 is 0 Å². The van der Waals surface area contributed by atoms with Gasteiger partial charge in [-0.1, -0.05) is 147 Å². The Balaban J connectivity index is 1.20. The lowest BCUT2D eigenvalue weighted by Gasteiger charge is -2.49. The topological polar surface area (TPSA) is 6.48 Å². The minimum atomic E-state index is -0.191. The summed E-state index contributed by atoms with van der Waals surface area (Å²) < 4.78 is 2.72. The highest BCUT2D eigenvalue weighted by atomic mass is 32.1. The molecule has 5 aliphatic rings. The van der Waals surface area contributed by atoms with Crippen molar-refractivity contribution in [1.29, 1.82) is 0 Å². The number of hydrogen-bond donors (Lipinski definition) is 0. The van der Waals surface area contributed by atoms with Crippen molar-refractivity contribution in [2.45, 2.75) is 142 Å². The van der Waals surface area contributed by atoms with Crippen LogP contribution < -0.4 is 26.2 Å². The van der Waals surface area contributed by atoms with Crippen LogP contribution in [0.1, 0.15) is 156 Å². The van der Waals surface area contributed by atoms with Crippen LogP contribution in [0, 0.1) is 13.8 Å². The highest BCUT2D eigenvalue weighted by molar-refractivity contribution is 7.26. The Morgan fingerprint density at radius 1 is 0.456 bits per heavy atom. The second-order valence-corrected chi connectivity index (χ2v) is 25.0. The summed E-state index contributed by atoms with van der Waals surface area (Å²) in [5.74, 6) is 0.527. The van der Waals surface area contributed by atoms with Crippen LogP contribution in [-0.2, 0) is 21.7 Å². The molecule has 0 unspecified atom stereocenters. The standard InChI is InChI=1S/C64H65BN2S/c1-38-20-14-18-26-52(38)66-54-33-43-42-23-15-19-27-58(42)68-59(43)37-51(54)65-50-34-48-49(64(9,10)45-25-17-16-24-44(45)63(48,7)8)36-55(50)67(57-32-41(31-56(66)60(57)65)40-21-12-11-13-22-40)53-35-47-46(30-39(53)2)61(3,4)28-29-62(47,5)6/h14-20,23-27,30-37,40H,11-13,21-22,28-29H2,1-10H3. The molecule has 68 heavy (non-hydrogen) atoms. The summed E-state index contributed by atoms with van der Waals surface area (Å²) in [6, 6.07) is 48.8. The molecule has 8 aromatic rings. The van der Waals surface area contributed by atoms with Crippen LogP contribution in [0.15, 0.2) is 121 Å². The van der Waals surface area contributed by atoms with E-state index in [9.17, 15) is 0 Å². The van der Waals surface area contributed by atoms with Crippen LogP contribution in [0.4, 0.5) is 34.1 Å². The number of para-hydroxylation sites is 1. The van der Waals surface area contributed by atoms with Gasteiger partial charge in [-0.15, -0.1) is 11.3 Å². The molecule has 1 saturated carbocycles. The van der Waals surface area contributed by atoms with Gasteiger partial charge in [0.1, 0.15) is 0 Å². The van der Waals surface area contributed by atoms with Gasteiger partial charge in [-0.25, -0.2) is 0 Å². The zero-order valence-corrected chi connectivity index (χ0v) is 42.8. The molecule has 0 saturated heterocycles. The van der Waals surface area contributed by atoms with Crippen LogP contribution >= 0.6 is 11.3 Å². The lowest BCUT2D eigenvalue weighted by molar-refractivity contribution is 0.332. The molecule has 0 bridgehead atoms. The molecule has 13 rings (SSSR count). The molecule has 4 heteroatoms. The number of nitrogens with zero attached hydrogens (tertiary/aromatic N) is 2. The Hall–Kier alpha value is -5.58. The van der Waals surface area contributed by atoms with Crippen LogP contribution in [0.25, 0.3) is 20.2 Å². The molecule has 3 heterocycles. The molecule has 2 nitrogen and oxygen atoms in total. The maximum absolute atomic E-state index is 2.80. The van der Waals surface area contributed by atoms with Crippen LogP contribution in [0.5, 0.6) is 0 Å². The molecule has 0 amide bonds. The number of aryl methyl sites for hydroxylation is 2. The van der Waals surface area contributed by atoms with Crippen molar-refractivity contribution >= 4 is 88.7 Å². The van der Waals surface area contributed by atoms with Crippen molar-refractivity contribution in [3.05, 3.63) is 171 Å². The van der Waals surface area contributed by atoms with Gasteiger partial charge in [0, 0.05) is 65.1 Å². The number of anilines is 6. The molecule has 340 valence electrons. The molecular weight excluding hydrogens is 840 g/mol. The summed E-state index contributed by atoms with van der Waals surface area (Å²) in [4.78, 5) is 5.50. The van der Waals surface area contributed by atoms with Crippen molar-refractivity contribution in [3.8, 4) is 0 Å². The van der Waals surface area contributed by atoms with Crippen molar-refractivity contribution in [2.75, 3.05) is 9.80 Å². The van der Waals surface area contributed by atoms with Crippen LogP contribution in [0.3, 0.4) is 0 Å². The number of thiophene rings is 1. The summed E-state index contributed by atoms with van der Waals surface area (Å²) in [5.41, 5.74) is 25.1. The fourth-order valence-electron chi connectivity index (χ4n) is 14.1. The van der Waals surface area contributed by atoms with E-state index >= 15 is 0 Å². The van der Waals surface area contributed by atoms with E-state index in [2.05, 4.69) is 200 Å². The fourth-order valence-corrected chi connectivity index (χ4v) is 15.3. The molecule has 0 N–H and O–H groups in total. The SMILES string of the molecule is Cc1ccccc1N1c2cc3c(cc2B2c4cc5c(cc4N(c4cc6c(cc4C)C(C)(C)CCC6(C)C)c4cc(C6CCCCC6)cc1c42)C(C)(C)c1ccccc1C5(C)C)sc1ccccc13. The predicted octanol–water partition coefficient (Wildman–Crippen LogP) is 16.1. The first-order chi connectivity index (χ1) is 32.5. The number of benzene rings is 7. The molecule has 7 aromatic carbocycles. The predicted molar refractivity (Wildman–Crippen MR) is 295 cm³/mol. The largest absolute Gasteiger partial charge is 0.311 e. The third kappa shape index (κ3) is 5.88. The van der Waals surface area contributed by atoms with Gasteiger partial charge in [-0.2, -0.15) is 0 Å². The molecule has 0 radical (unpaired) electrons. The highest BCUT2D eigenvalue weighted by Gasteiger charge is 2.49. The Morgan fingerprint density at radius 2 is 1.01 bits per heavy atom. The van der Waals surface area contributed by atoms with Gasteiger partial charge in [0.15, 0.2) is 0 Å². The average molecular weight is 905 g/mol. The van der Waals surface area contributed by atoms with E-state index in [0.717, 1.165) is 0 Å². The first-order valence-electron chi connectivity index (χ1n) is 25.8. The highest BCUT2D eigenvalue weighted by Crippen LogP contribution is 2.55. The monoisotopic (exact) mass is 904 g/mol. The van der Waals surface area contributed by atoms with Gasteiger partial charge in [-0.3, -0.25) is 0 Å². The lowest BCUT2D eigenvalue weighted by Crippen LogP contribution is -2.62. The molecule has 2 aliphatic heterocycles. The zero-order chi connectivity index (χ0) is 46.8. The normalized spacial score (nSPS) is 19.2. The van der Waals surface area contributed by atoms with Crippen molar-refractivity contribution in [2.24, 2.45) is 0 Å². The van der Waals surface area contributed by atoms with Gasteiger partial charge in [0.2, 0.25) is 0 Å². The van der Waals surface area contributed by atoms with Crippen molar-refractivity contribution < 1.29 is 0 Å². The van der Waals surface area contributed by atoms with Crippen molar-refractivity contribution in [3.63, 3.8) is 0 Å². The van der Waals surface area contributed by atoms with E-state index in [1.807, 2.05) is 11.3 Å². The fraction of sp³-hybridized carbons (Fsp3) is 0.344. The minimum Gasteiger partial charge on any atom is -0.311 e. The molecule has 3 aliphatic carbocycles. The van der Waals surface area contributed by atoms with Crippen LogP contribution in [0.2, 0.25) is 0 Å². The first kappa shape index (κ1) is 42.5. The molecule has 1 fully saturated rings. The van der Waals surface area contributed by atoms with E-state index in [0.29, 0.717) is 5.92 Å². The third-order valence-corrected chi connectivity index (χ3v) is 19.3. The van der Waals surface area contributed by atoms with Gasteiger partial charge in [0.25, 0.3) is 6.71 Å². The van der Waals surface area contributed by atoms with Gasteiger partial charge in [-0.05, 0) is 171 Å². The van der Waals surface area contributed by atoms with Crippen LogP contribution in [-0.4, -0.2) is 6.71 Å². The quantitative estimate of drug-likeness (QED) is 0.163. The van der Waals surface area contributed by atoms with E-state index in [1.54, 1.807) is 0 Å². The van der Waals surface area contributed by atoms with Gasteiger partial charge < -0.3 is 9.80 Å². The first-order valence-corrected chi connectivity index (χ1v) is 26.6. The number of rotatable bonds is 3. The minimum absolute atomic E-state index is 0.0335. The maximum atomic E-state index is 2.80. The Morgan fingerprint density at radius 3 is 1.71 bits per heavy atom. The van der Waals surface area contributed by atoms with Crippen molar-refractivity contribution in [1.82, 2.24) is 0 Å². The summed E-state index contributed by atoms with van der Waals surface area (Å²) >= 11 is 1.95. The van der Waals surface area contributed by atoms with E-state index in [1.165, 1.54) is 166 Å². The Bertz CT molecular complexity index is 3450. The lowest BCUT2D eigenvalue weighted by atomic mass is 9.33. The Labute approximate surface area is 409 Å². The van der Waals surface area contributed by atoms with E-state index in [4.69, 9.17) is 0 Å². The molecular formula is C64H65BN2S. The average Bonchev–Trinajstić information content (AvgIpc) is 3.69. The molecule has 1 aromatic heterocycles. The summed E-state index contributed by atoms with van der Waals surface area (Å²) in [6.07, 6.45) is 8.82. The molecule has 0 atom stereocenters. The summed E-state index contributed by atoms with van der Waals surface area (Å²) in [7, 11) is 0. The zero-order valence-electron chi connectivity index (χ0n) is 42.0. The van der Waals surface area contributed by atoms with E-state index < -0.39 is 0 Å². The number of hydrogen-bond acceptors (Lipinski definition) is 3. The smallest absolute Gasteiger partial charge is 0.252 e. The molecule has 0 spiro atoms. The Kier molecular flexibility index (Phi) is 9.06. The maximum Gasteiger partial charge on any atom is 0.252 e. The second kappa shape index (κ2) is 14.5. The second-order valence-electron chi connectivity index (χ2n) is 23.9. The third-order valence-electron chi connectivity index (χ3n) is 18.2. The summed E-state index contributed by atoms with van der Waals surface area (Å²) in [6.45, 7) is 24.6. The number of fused-ring (bicyclic) bond motifs is 10. The summed E-state index contributed by atoms with van der Waals surface area (Å²) in [5, 5.41) is 2.70. The van der Waals surface area contributed by atoms with Gasteiger partial charge in [0.05, 0.1) is 0 Å².